The third-order valence-electron chi connectivity index (χ3n) is 16.3. The van der Waals surface area contributed by atoms with E-state index in [0.717, 1.165) is 66.8 Å². The van der Waals surface area contributed by atoms with Crippen molar-refractivity contribution in [1.82, 2.24) is 0 Å². The van der Waals surface area contributed by atoms with Crippen LogP contribution in [0.1, 0.15) is 66.8 Å². The van der Waals surface area contributed by atoms with Crippen molar-refractivity contribution in [2.45, 2.75) is 29.4 Å². The van der Waals surface area contributed by atoms with Gasteiger partial charge in [0.05, 0.1) is 29.4 Å². The van der Waals surface area contributed by atoms with E-state index in [1.54, 1.807) is 146 Å². The Morgan fingerprint density at radius 1 is 0.167 bits per heavy atom. The minimum Gasteiger partial charge on any atom is -0.744 e. The molecule has 0 saturated heterocycles. The van der Waals surface area contributed by atoms with Gasteiger partial charge < -0.3 is 27.3 Å². The molecule has 12 rings (SSSR count). The van der Waals surface area contributed by atoms with Crippen LogP contribution < -0.4 is 101 Å². The van der Waals surface area contributed by atoms with Crippen LogP contribution in [0.5, 0.6) is 0 Å². The van der Waals surface area contributed by atoms with E-state index < -0.39 is 60.7 Å². The van der Waals surface area contributed by atoms with Gasteiger partial charge in [-0.3, -0.25) is 101 Å². The van der Waals surface area contributed by atoms with Gasteiger partial charge in [-0.05, 0) is 137 Å². The smallest absolute Gasteiger partial charge is 0.336 e. The van der Waals surface area contributed by atoms with Gasteiger partial charge in [-0.2, -0.15) is 0 Å². The highest BCUT2D eigenvalue weighted by molar-refractivity contribution is 7.87. The Labute approximate surface area is 764 Å². The van der Waals surface area contributed by atoms with Crippen molar-refractivity contribution in [3.05, 3.63) is 358 Å². The molecule has 0 aliphatic carbocycles. The first kappa shape index (κ1) is 108. The second kappa shape index (κ2) is 51.8. The first-order valence-corrected chi connectivity index (χ1v) is 46.0. The van der Waals surface area contributed by atoms with E-state index in [1.165, 1.54) is 72.8 Å². The largest absolute Gasteiger partial charge is 0.744 e. The van der Waals surface area contributed by atoms with Crippen LogP contribution in [0.3, 0.4) is 0 Å². The second-order valence-electron chi connectivity index (χ2n) is 26.7. The molecule has 12 aromatic carbocycles. The number of hydrogen-bond acceptors (Lipinski definition) is 18. The predicted octanol–water partition coefficient (Wildman–Crippen LogP) is -1.38. The number of hydrogen-bond donors (Lipinski definition) is 18. The molecule has 0 heterocycles. The van der Waals surface area contributed by atoms with E-state index in [1.807, 2.05) is 146 Å². The average molecular weight is 1910 g/mol. The predicted molar refractivity (Wildman–Crippen MR) is 507 cm³/mol. The van der Waals surface area contributed by atoms with Crippen LogP contribution >= 0.6 is 0 Å². The van der Waals surface area contributed by atoms with Gasteiger partial charge in [0.15, 0.2) is 0 Å². The molecule has 42 heteroatoms. The van der Waals surface area contributed by atoms with Gasteiger partial charge in [-0.25, -0.2) is 50.5 Å². The number of nitrogens with two attached hydrogens (primary N) is 18. The van der Waals surface area contributed by atoms with Gasteiger partial charge in [-0.15, -0.1) is 0 Å². The number of rotatable bonds is 21. The standard InChI is InChI=1S/3C28H22O6S2.6CH5N3/c3*29-35(30,31)27-7-3-1-5-25(27)19-13-21-9-15-23(16-10-21)24-17-11-22(12-18-24)14-20-26-6-2-4-8-28(26)36(32,33)34;6*2-1(3)4/h3*1-20H,(H,29,30,31)(H,32,33,34);6*(H5,2,3,4)/b3*19-13+,20-14+;;;;;;. The first-order valence-electron chi connectivity index (χ1n) is 37.5. The molecular weight excluding hydrogens is 1810 g/mol. The summed E-state index contributed by atoms with van der Waals surface area (Å²) in [6.45, 7) is 0. The van der Waals surface area contributed by atoms with Gasteiger partial charge in [-0.1, -0.05) is 328 Å². The van der Waals surface area contributed by atoms with Crippen LogP contribution in [0.4, 0.5) is 0 Å². The average Bonchev–Trinajstić information content (AvgIpc) is 0.800. The molecule has 0 unspecified atom stereocenters. The molecule has 0 amide bonds. The maximum Gasteiger partial charge on any atom is 0.336 e. The Morgan fingerprint density at radius 3 is 0.348 bits per heavy atom. The van der Waals surface area contributed by atoms with Crippen LogP contribution in [0.15, 0.2) is 321 Å². The summed E-state index contributed by atoms with van der Waals surface area (Å²) in [6, 6.07) is 81.9. The molecule has 0 atom stereocenters. The third-order valence-corrected chi connectivity index (χ3v) is 21.8. The monoisotopic (exact) mass is 1910 g/mol. The maximum absolute atomic E-state index is 11.4. The highest BCUT2D eigenvalue weighted by Crippen LogP contribution is 2.30. The Balaban J connectivity index is 0.000000367. The van der Waals surface area contributed by atoms with Crippen LogP contribution in [-0.2, 0) is 60.7 Å². The summed E-state index contributed by atoms with van der Waals surface area (Å²) in [7, 11) is -27.4. The maximum atomic E-state index is 11.4. The topological polar surface area (TPSA) is 809 Å². The molecule has 0 aliphatic rings. The summed E-state index contributed by atoms with van der Waals surface area (Å²) in [5.74, 6) is -0.500. The molecule has 36 N–H and O–H groups in total. The fourth-order valence-electron chi connectivity index (χ4n) is 10.9. The zero-order chi connectivity index (χ0) is 98.7. The lowest BCUT2D eigenvalue weighted by Gasteiger charge is -2.10. The Kier molecular flexibility index (Phi) is 42.6. The Hall–Kier alpha value is -15.8. The summed E-state index contributed by atoms with van der Waals surface area (Å²) in [4.78, 5) is -1.55. The summed E-state index contributed by atoms with van der Waals surface area (Å²) >= 11 is 0. The van der Waals surface area contributed by atoms with E-state index in [0.29, 0.717) is 33.4 Å². The van der Waals surface area contributed by atoms with Crippen LogP contribution in [0.25, 0.3) is 106 Å². The molecule has 0 saturated carbocycles. The quantitative estimate of drug-likeness (QED) is 0.0171. The lowest BCUT2D eigenvalue weighted by molar-refractivity contribution is -0.117. The van der Waals surface area contributed by atoms with E-state index in [2.05, 4.69) is 101 Å². The van der Waals surface area contributed by atoms with Crippen LogP contribution in [0, 0.1) is 0 Å². The van der Waals surface area contributed by atoms with Crippen molar-refractivity contribution in [3.63, 3.8) is 0 Å². The van der Waals surface area contributed by atoms with Crippen molar-refractivity contribution in [2.75, 3.05) is 0 Å². The van der Waals surface area contributed by atoms with Crippen molar-refractivity contribution in [3.8, 4) is 33.4 Å². The first-order chi connectivity index (χ1) is 61.7. The zero-order valence-corrected chi connectivity index (χ0v) is 74.7. The molecule has 12 aromatic rings. The minimum atomic E-state index is -4.56. The summed E-state index contributed by atoms with van der Waals surface area (Å²) < 4.78 is 206. The molecule has 0 radical (unpaired) electrons. The van der Waals surface area contributed by atoms with Crippen LogP contribution in [0.2, 0.25) is 0 Å². The summed E-state index contributed by atoms with van der Waals surface area (Å²) in [6.07, 6.45) is 20.0. The molecule has 0 aliphatic heterocycles. The van der Waals surface area contributed by atoms with Crippen molar-refractivity contribution in [1.29, 1.82) is 0 Å². The molecule has 36 nitrogen and oxygen atoms in total. The lowest BCUT2D eigenvalue weighted by Crippen LogP contribution is -2.51. The Morgan fingerprint density at radius 2 is 0.258 bits per heavy atom. The van der Waals surface area contributed by atoms with E-state index in [-0.39, 0.29) is 65.1 Å². The summed E-state index contributed by atoms with van der Waals surface area (Å²) in [5.41, 5.74) is 67.8. The molecule has 0 aromatic heterocycles. The van der Waals surface area contributed by atoms with Gasteiger partial charge >= 0.3 is 35.8 Å². The molecule has 690 valence electrons. The van der Waals surface area contributed by atoms with Crippen molar-refractivity contribution >= 4 is 169 Å². The third kappa shape index (κ3) is 41.3. The minimum absolute atomic E-state index is 0.0833. The molecule has 0 bridgehead atoms. The van der Waals surface area contributed by atoms with Gasteiger partial charge in [0.1, 0.15) is 60.7 Å². The molecular formula is C90H96N18O18S6. The van der Waals surface area contributed by atoms with Crippen molar-refractivity contribution in [2.24, 2.45) is 68.8 Å². The number of guanidine groups is 6. The highest BCUT2D eigenvalue weighted by Gasteiger charge is 2.13. The van der Waals surface area contributed by atoms with Gasteiger partial charge in [0.2, 0.25) is 0 Å². The fraction of sp³-hybridized carbons (Fsp3) is 0. The summed E-state index contributed by atoms with van der Waals surface area (Å²) in [5, 5.41) is 27.5. The second-order valence-corrected chi connectivity index (χ2v) is 34.8. The molecule has 132 heavy (non-hydrogen) atoms. The number of benzene rings is 12. The van der Waals surface area contributed by atoms with Crippen LogP contribution in [-0.4, -0.2) is 114 Å². The van der Waals surface area contributed by atoms with E-state index in [9.17, 15) is 77.8 Å². The van der Waals surface area contributed by atoms with E-state index in [4.69, 9.17) is 0 Å². The fourth-order valence-corrected chi connectivity index (χ4v) is 14.9. The van der Waals surface area contributed by atoms with Gasteiger partial charge in [0, 0.05) is 0 Å². The van der Waals surface area contributed by atoms with Gasteiger partial charge in [0.25, 0.3) is 0 Å². The van der Waals surface area contributed by atoms with Crippen molar-refractivity contribution < 1.29 is 110 Å². The molecule has 0 spiro atoms. The molecule has 0 fully saturated rings. The van der Waals surface area contributed by atoms with E-state index >= 15 is 0 Å². The lowest BCUT2D eigenvalue weighted by atomic mass is 10.0. The SMILES string of the molecule is NC(N)=[NH2+].NC(N)=[NH2+].NC(N)=[NH2+].NC(N)=[NH2+].NC(N)=[NH2+].NC(N)=[NH2+].O=S(=O)([O-])c1ccccc1/C=C/c1ccc(-c2ccc(/C=C/c3ccccc3S(=O)(=O)[O-])cc2)cc1.O=S(=O)([O-])c1ccccc1/C=C/c1ccc(-c2ccc(/C=C/c3ccccc3S(=O)(=O)[O-])cc2)cc1.O=S(=O)([O-])c1ccccc1/C=C/c1ccc(-c2ccc(/C=C/c3ccccc3S(=O)(=O)[O-])cc2)cc1. The normalized spacial score (nSPS) is 11.2. The zero-order valence-electron chi connectivity index (χ0n) is 69.8. The Bertz CT molecular complexity index is 5840. The highest BCUT2D eigenvalue weighted by atomic mass is 32.2.